The third kappa shape index (κ3) is 6.37. The van der Waals surface area contributed by atoms with E-state index in [1.54, 1.807) is 11.8 Å². The van der Waals surface area contributed by atoms with Gasteiger partial charge in [0.25, 0.3) is 5.91 Å². The Bertz CT molecular complexity index is 714. The van der Waals surface area contributed by atoms with E-state index in [-0.39, 0.29) is 11.8 Å². The number of thiophene rings is 1. The molecule has 27 heavy (non-hydrogen) atoms. The summed E-state index contributed by atoms with van der Waals surface area (Å²) in [7, 11) is 0. The Morgan fingerprint density at radius 2 is 1.81 bits per heavy atom. The van der Waals surface area contributed by atoms with Crippen molar-refractivity contribution in [1.82, 2.24) is 15.1 Å². The molecule has 1 aliphatic rings. The van der Waals surface area contributed by atoms with E-state index in [2.05, 4.69) is 22.3 Å². The number of nitrogens with zero attached hydrogens (tertiary/aromatic N) is 2. The van der Waals surface area contributed by atoms with Crippen LogP contribution in [-0.2, 0) is 4.79 Å². The number of rotatable bonds is 8. The molecule has 1 aromatic carbocycles. The molecule has 1 saturated heterocycles. The number of benzene rings is 1. The number of hydrogen-bond donors (Lipinski definition) is 1. The lowest BCUT2D eigenvalue weighted by atomic mass is 10.3. The average Bonchev–Trinajstić information content (AvgIpc) is 3.24. The van der Waals surface area contributed by atoms with Gasteiger partial charge in [-0.15, -0.1) is 23.1 Å². The lowest BCUT2D eigenvalue weighted by Crippen LogP contribution is -2.50. The molecular weight excluding hydrogens is 378 g/mol. The molecule has 0 spiro atoms. The second-order valence-electron chi connectivity index (χ2n) is 6.37. The Hall–Kier alpha value is -1.83. The highest BCUT2D eigenvalue weighted by atomic mass is 32.2. The number of piperazine rings is 1. The normalized spacial score (nSPS) is 14.9. The maximum Gasteiger partial charge on any atom is 0.261 e. The summed E-state index contributed by atoms with van der Waals surface area (Å²) in [6, 6.07) is 13.9. The zero-order chi connectivity index (χ0) is 18.9. The second-order valence-corrected chi connectivity index (χ2v) is 8.48. The van der Waals surface area contributed by atoms with E-state index in [1.807, 2.05) is 40.6 Å². The first-order valence-corrected chi connectivity index (χ1v) is 11.1. The van der Waals surface area contributed by atoms with Crippen molar-refractivity contribution in [2.75, 3.05) is 45.0 Å². The van der Waals surface area contributed by atoms with Gasteiger partial charge < -0.3 is 10.2 Å². The highest BCUT2D eigenvalue weighted by Crippen LogP contribution is 2.18. The van der Waals surface area contributed by atoms with Crippen molar-refractivity contribution in [2.24, 2.45) is 0 Å². The number of nitrogens with one attached hydrogen (secondary N) is 1. The van der Waals surface area contributed by atoms with Crippen LogP contribution in [0, 0.1) is 0 Å². The number of amides is 2. The van der Waals surface area contributed by atoms with Crippen LogP contribution in [0.5, 0.6) is 0 Å². The summed E-state index contributed by atoms with van der Waals surface area (Å²) < 4.78 is 0. The van der Waals surface area contributed by atoms with Gasteiger partial charge in [0, 0.05) is 56.3 Å². The smallest absolute Gasteiger partial charge is 0.261 e. The van der Waals surface area contributed by atoms with Crippen LogP contribution in [0.3, 0.4) is 0 Å². The van der Waals surface area contributed by atoms with E-state index in [4.69, 9.17) is 0 Å². The Morgan fingerprint density at radius 1 is 1.04 bits per heavy atom. The van der Waals surface area contributed by atoms with Gasteiger partial charge in [0.05, 0.1) is 4.88 Å². The number of hydrogen-bond acceptors (Lipinski definition) is 5. The summed E-state index contributed by atoms with van der Waals surface area (Å²) >= 11 is 3.18. The third-order valence-electron chi connectivity index (χ3n) is 4.51. The van der Waals surface area contributed by atoms with E-state index in [0.717, 1.165) is 43.4 Å². The number of carbonyl (C=O) groups excluding carboxylic acids is 2. The van der Waals surface area contributed by atoms with Crippen LogP contribution in [0.4, 0.5) is 0 Å². The van der Waals surface area contributed by atoms with Crippen LogP contribution in [0.2, 0.25) is 0 Å². The Labute approximate surface area is 168 Å². The largest absolute Gasteiger partial charge is 0.350 e. The molecule has 2 heterocycles. The van der Waals surface area contributed by atoms with Crippen molar-refractivity contribution in [1.29, 1.82) is 0 Å². The minimum atomic E-state index is -0.00488. The summed E-state index contributed by atoms with van der Waals surface area (Å²) in [5.74, 6) is 1.05. The summed E-state index contributed by atoms with van der Waals surface area (Å²) in [5.41, 5.74) is 0. The third-order valence-corrected chi connectivity index (χ3v) is 6.39. The molecule has 0 atom stereocenters. The van der Waals surface area contributed by atoms with Crippen LogP contribution in [0.25, 0.3) is 0 Å². The zero-order valence-electron chi connectivity index (χ0n) is 15.3. The SMILES string of the molecule is O=C(NCCN1CCN(C(=O)CCSc2ccccc2)CC1)c1cccs1. The summed E-state index contributed by atoms with van der Waals surface area (Å²) in [5, 5.41) is 4.86. The van der Waals surface area contributed by atoms with E-state index in [1.165, 1.54) is 16.2 Å². The molecule has 1 N–H and O–H groups in total. The fraction of sp³-hybridized carbons (Fsp3) is 0.400. The van der Waals surface area contributed by atoms with Crippen molar-refractivity contribution < 1.29 is 9.59 Å². The first-order valence-electron chi connectivity index (χ1n) is 9.22. The molecule has 0 aliphatic carbocycles. The molecule has 5 nitrogen and oxygen atoms in total. The molecule has 0 radical (unpaired) electrons. The molecule has 1 fully saturated rings. The van der Waals surface area contributed by atoms with Crippen LogP contribution in [0.1, 0.15) is 16.1 Å². The molecule has 144 valence electrons. The summed E-state index contributed by atoms with van der Waals surface area (Å²) in [6.07, 6.45) is 0.580. The van der Waals surface area contributed by atoms with Gasteiger partial charge in [0.2, 0.25) is 5.91 Å². The molecule has 7 heteroatoms. The van der Waals surface area contributed by atoms with Gasteiger partial charge in [-0.25, -0.2) is 0 Å². The zero-order valence-corrected chi connectivity index (χ0v) is 16.9. The second kappa shape index (κ2) is 10.5. The van der Waals surface area contributed by atoms with Crippen LogP contribution in [0.15, 0.2) is 52.7 Å². The Kier molecular flexibility index (Phi) is 7.74. The van der Waals surface area contributed by atoms with Gasteiger partial charge >= 0.3 is 0 Å². The minimum Gasteiger partial charge on any atom is -0.350 e. The van der Waals surface area contributed by atoms with Gasteiger partial charge in [-0.3, -0.25) is 14.5 Å². The molecule has 3 rings (SSSR count). The fourth-order valence-corrected chi connectivity index (χ4v) is 4.48. The van der Waals surface area contributed by atoms with Gasteiger partial charge in [-0.2, -0.15) is 0 Å². The van der Waals surface area contributed by atoms with Crippen LogP contribution >= 0.6 is 23.1 Å². The highest BCUT2D eigenvalue weighted by molar-refractivity contribution is 7.99. The van der Waals surface area contributed by atoms with Gasteiger partial charge in [-0.1, -0.05) is 24.3 Å². The fourth-order valence-electron chi connectivity index (χ4n) is 2.97. The molecule has 0 bridgehead atoms. The monoisotopic (exact) mass is 403 g/mol. The highest BCUT2D eigenvalue weighted by Gasteiger charge is 2.20. The first-order chi connectivity index (χ1) is 13.2. The number of carbonyl (C=O) groups is 2. The lowest BCUT2D eigenvalue weighted by molar-refractivity contribution is -0.132. The van der Waals surface area contributed by atoms with Crippen molar-refractivity contribution in [3.8, 4) is 0 Å². The van der Waals surface area contributed by atoms with Crippen LogP contribution in [-0.4, -0.2) is 66.6 Å². The first kappa shape index (κ1) is 19.9. The maximum absolute atomic E-state index is 12.4. The molecular formula is C20H25N3O2S2. The minimum absolute atomic E-state index is 0.00488. The molecule has 1 aliphatic heterocycles. The standard InChI is InChI=1S/C20H25N3O2S2/c24-19(8-16-26-17-5-2-1-3-6-17)23-13-11-22(12-14-23)10-9-21-20(25)18-7-4-15-27-18/h1-7,15H,8-14,16H2,(H,21,25). The predicted octanol–water partition coefficient (Wildman–Crippen LogP) is 2.80. The number of thioether (sulfide) groups is 1. The van der Waals surface area contributed by atoms with Gasteiger partial charge in [0.15, 0.2) is 0 Å². The van der Waals surface area contributed by atoms with Crippen LogP contribution < -0.4 is 5.32 Å². The Morgan fingerprint density at radius 3 is 2.52 bits per heavy atom. The molecule has 0 unspecified atom stereocenters. The topological polar surface area (TPSA) is 52.7 Å². The van der Waals surface area contributed by atoms with Gasteiger partial charge in [0.1, 0.15) is 0 Å². The van der Waals surface area contributed by atoms with E-state index in [9.17, 15) is 9.59 Å². The Balaban J connectivity index is 1.29. The molecule has 2 amide bonds. The summed E-state index contributed by atoms with van der Waals surface area (Å²) in [4.78, 5) is 30.5. The molecule has 0 saturated carbocycles. The average molecular weight is 404 g/mol. The lowest BCUT2D eigenvalue weighted by Gasteiger charge is -2.34. The van der Waals surface area contributed by atoms with Crippen molar-refractivity contribution in [3.63, 3.8) is 0 Å². The molecule has 2 aromatic rings. The predicted molar refractivity (Wildman–Crippen MR) is 111 cm³/mol. The van der Waals surface area contributed by atoms with Crippen molar-refractivity contribution >= 4 is 34.9 Å². The van der Waals surface area contributed by atoms with E-state index < -0.39 is 0 Å². The van der Waals surface area contributed by atoms with Gasteiger partial charge in [-0.05, 0) is 23.6 Å². The van der Waals surface area contributed by atoms with Crippen molar-refractivity contribution in [3.05, 3.63) is 52.7 Å². The van der Waals surface area contributed by atoms with E-state index >= 15 is 0 Å². The van der Waals surface area contributed by atoms with E-state index in [0.29, 0.717) is 13.0 Å². The quantitative estimate of drug-likeness (QED) is 0.689. The van der Waals surface area contributed by atoms with Crippen molar-refractivity contribution in [2.45, 2.75) is 11.3 Å². The maximum atomic E-state index is 12.4. The molecule has 1 aromatic heterocycles. The summed E-state index contributed by atoms with van der Waals surface area (Å²) in [6.45, 7) is 4.74.